The number of anilines is 1. The average Bonchev–Trinajstić information content (AvgIpc) is 3.11. The van der Waals surface area contributed by atoms with Crippen molar-refractivity contribution < 1.29 is 9.53 Å². The molecule has 4 rings (SSSR count). The molecule has 0 aliphatic carbocycles. The van der Waals surface area contributed by atoms with Crippen LogP contribution in [0.1, 0.15) is 27.7 Å². The van der Waals surface area contributed by atoms with Gasteiger partial charge in [-0.3, -0.25) is 4.79 Å². The van der Waals surface area contributed by atoms with Crippen LogP contribution in [0.2, 0.25) is 0 Å². The molecule has 146 valence electrons. The van der Waals surface area contributed by atoms with Crippen LogP contribution in [0.3, 0.4) is 0 Å². The molecular weight excluding hydrogens is 376 g/mol. The van der Waals surface area contributed by atoms with Gasteiger partial charge >= 0.3 is 0 Å². The number of halogens is 1. The van der Waals surface area contributed by atoms with Crippen molar-refractivity contribution in [1.29, 1.82) is 0 Å². The summed E-state index contributed by atoms with van der Waals surface area (Å²) in [6.07, 6.45) is 1.67. The molecule has 0 spiro atoms. The van der Waals surface area contributed by atoms with Crippen molar-refractivity contribution in [3.63, 3.8) is 0 Å². The molecule has 0 saturated carbocycles. The SMILES string of the molecule is Cc1c(C(=O)Nc2ccc([C@H]3CNCCO3)cc2)cnn1-c1ccccc1.Cl. The normalized spacial score (nSPS) is 16.2. The van der Waals surface area contributed by atoms with Crippen LogP contribution in [0.4, 0.5) is 5.69 Å². The fourth-order valence-corrected chi connectivity index (χ4v) is 3.22. The van der Waals surface area contributed by atoms with Gasteiger partial charge in [0.2, 0.25) is 0 Å². The van der Waals surface area contributed by atoms with Gasteiger partial charge in [-0.05, 0) is 36.8 Å². The third kappa shape index (κ3) is 4.25. The van der Waals surface area contributed by atoms with Gasteiger partial charge in [-0.15, -0.1) is 12.4 Å². The van der Waals surface area contributed by atoms with Gasteiger partial charge in [-0.2, -0.15) is 5.10 Å². The van der Waals surface area contributed by atoms with Crippen molar-refractivity contribution >= 4 is 24.0 Å². The lowest BCUT2D eigenvalue weighted by atomic mass is 10.1. The van der Waals surface area contributed by atoms with Crippen LogP contribution in [-0.2, 0) is 4.74 Å². The number of nitrogens with zero attached hydrogens (tertiary/aromatic N) is 2. The third-order valence-corrected chi connectivity index (χ3v) is 4.72. The van der Waals surface area contributed by atoms with E-state index in [4.69, 9.17) is 4.74 Å². The first-order valence-corrected chi connectivity index (χ1v) is 9.06. The highest BCUT2D eigenvalue weighted by atomic mass is 35.5. The first kappa shape index (κ1) is 20.1. The Labute approximate surface area is 170 Å². The fourth-order valence-electron chi connectivity index (χ4n) is 3.22. The minimum absolute atomic E-state index is 0. The van der Waals surface area contributed by atoms with E-state index in [1.54, 1.807) is 10.9 Å². The summed E-state index contributed by atoms with van der Waals surface area (Å²) in [7, 11) is 0. The van der Waals surface area contributed by atoms with Gasteiger partial charge in [0.25, 0.3) is 5.91 Å². The zero-order chi connectivity index (χ0) is 18.6. The van der Waals surface area contributed by atoms with Crippen molar-refractivity contribution in [1.82, 2.24) is 15.1 Å². The Kier molecular flexibility index (Phi) is 6.46. The Balaban J connectivity index is 0.00000225. The number of carbonyl (C=O) groups excluding carboxylic acids is 1. The number of rotatable bonds is 4. The Hall–Kier alpha value is -2.67. The molecule has 0 radical (unpaired) electrons. The molecule has 6 nitrogen and oxygen atoms in total. The number of morpholine rings is 1. The first-order valence-electron chi connectivity index (χ1n) is 9.06. The number of ether oxygens (including phenoxy) is 1. The van der Waals surface area contributed by atoms with Gasteiger partial charge < -0.3 is 15.4 Å². The van der Waals surface area contributed by atoms with Gasteiger partial charge in [-0.25, -0.2) is 4.68 Å². The van der Waals surface area contributed by atoms with Crippen LogP contribution < -0.4 is 10.6 Å². The predicted octanol–water partition coefficient (Wildman–Crippen LogP) is 3.52. The molecule has 28 heavy (non-hydrogen) atoms. The number of amides is 1. The van der Waals surface area contributed by atoms with Crippen molar-refractivity contribution in [3.05, 3.63) is 77.6 Å². The Bertz CT molecular complexity index is 919. The minimum atomic E-state index is -0.169. The number of aromatic nitrogens is 2. The molecule has 1 amide bonds. The second-order valence-corrected chi connectivity index (χ2v) is 6.53. The third-order valence-electron chi connectivity index (χ3n) is 4.72. The van der Waals surface area contributed by atoms with E-state index in [9.17, 15) is 4.79 Å². The monoisotopic (exact) mass is 398 g/mol. The summed E-state index contributed by atoms with van der Waals surface area (Å²) in [5, 5.41) is 10.6. The zero-order valence-electron chi connectivity index (χ0n) is 15.6. The van der Waals surface area contributed by atoms with E-state index in [0.29, 0.717) is 12.2 Å². The molecule has 1 aliphatic heterocycles. The maximum Gasteiger partial charge on any atom is 0.259 e. The molecule has 1 saturated heterocycles. The van der Waals surface area contributed by atoms with Crippen molar-refractivity contribution in [2.45, 2.75) is 13.0 Å². The van der Waals surface area contributed by atoms with E-state index in [1.165, 1.54) is 0 Å². The molecule has 1 aliphatic rings. The molecule has 0 bridgehead atoms. The van der Waals surface area contributed by atoms with E-state index in [2.05, 4.69) is 15.7 Å². The summed E-state index contributed by atoms with van der Waals surface area (Å²) in [5.74, 6) is -0.169. The smallest absolute Gasteiger partial charge is 0.259 e. The van der Waals surface area contributed by atoms with Gasteiger partial charge in [0.15, 0.2) is 0 Å². The molecule has 7 heteroatoms. The van der Waals surface area contributed by atoms with Crippen LogP contribution in [0.5, 0.6) is 0 Å². The van der Waals surface area contributed by atoms with Crippen LogP contribution in [0.25, 0.3) is 5.69 Å². The number of benzene rings is 2. The highest BCUT2D eigenvalue weighted by Crippen LogP contribution is 2.21. The molecular formula is C21H23ClN4O2. The van der Waals surface area contributed by atoms with Gasteiger partial charge in [-0.1, -0.05) is 30.3 Å². The van der Waals surface area contributed by atoms with E-state index in [0.717, 1.165) is 35.7 Å². The summed E-state index contributed by atoms with van der Waals surface area (Å²) in [6.45, 7) is 4.31. The van der Waals surface area contributed by atoms with Crippen LogP contribution >= 0.6 is 12.4 Å². The molecule has 2 heterocycles. The molecule has 2 N–H and O–H groups in total. The maximum absolute atomic E-state index is 12.7. The van der Waals surface area contributed by atoms with Crippen LogP contribution in [0.15, 0.2) is 60.8 Å². The molecule has 1 atom stereocenters. The van der Waals surface area contributed by atoms with Crippen molar-refractivity contribution in [2.75, 3.05) is 25.0 Å². The van der Waals surface area contributed by atoms with Crippen molar-refractivity contribution in [2.24, 2.45) is 0 Å². The Morgan fingerprint density at radius 2 is 1.93 bits per heavy atom. The molecule has 1 fully saturated rings. The summed E-state index contributed by atoms with van der Waals surface area (Å²) in [6, 6.07) is 17.6. The zero-order valence-corrected chi connectivity index (χ0v) is 16.4. The van der Waals surface area contributed by atoms with Crippen LogP contribution in [-0.4, -0.2) is 35.4 Å². The number of hydrogen-bond donors (Lipinski definition) is 2. The maximum atomic E-state index is 12.7. The van der Waals surface area contributed by atoms with Gasteiger partial charge in [0, 0.05) is 18.8 Å². The topological polar surface area (TPSA) is 68.2 Å². The largest absolute Gasteiger partial charge is 0.371 e. The second-order valence-electron chi connectivity index (χ2n) is 6.53. The van der Waals surface area contributed by atoms with Crippen LogP contribution in [0, 0.1) is 6.92 Å². The highest BCUT2D eigenvalue weighted by Gasteiger charge is 2.17. The van der Waals surface area contributed by atoms with E-state index >= 15 is 0 Å². The minimum Gasteiger partial charge on any atom is -0.371 e. The molecule has 1 aromatic heterocycles. The summed E-state index contributed by atoms with van der Waals surface area (Å²) in [4.78, 5) is 12.7. The average molecular weight is 399 g/mol. The van der Waals surface area contributed by atoms with Gasteiger partial charge in [0.05, 0.1) is 35.9 Å². The Morgan fingerprint density at radius 3 is 2.61 bits per heavy atom. The second kappa shape index (κ2) is 9.01. The highest BCUT2D eigenvalue weighted by molar-refractivity contribution is 6.05. The Morgan fingerprint density at radius 1 is 1.18 bits per heavy atom. The number of para-hydroxylation sites is 1. The first-order chi connectivity index (χ1) is 13.2. The number of hydrogen-bond acceptors (Lipinski definition) is 4. The quantitative estimate of drug-likeness (QED) is 0.705. The van der Waals surface area contributed by atoms with Crippen molar-refractivity contribution in [3.8, 4) is 5.69 Å². The number of nitrogens with one attached hydrogen (secondary N) is 2. The van der Waals surface area contributed by atoms with E-state index < -0.39 is 0 Å². The molecule has 0 unspecified atom stereocenters. The lowest BCUT2D eigenvalue weighted by Crippen LogP contribution is -2.33. The lowest BCUT2D eigenvalue weighted by Gasteiger charge is -2.24. The summed E-state index contributed by atoms with van der Waals surface area (Å²) in [5.41, 5.74) is 4.15. The number of carbonyl (C=O) groups is 1. The summed E-state index contributed by atoms with van der Waals surface area (Å²) >= 11 is 0. The molecule has 2 aromatic carbocycles. The van der Waals surface area contributed by atoms with E-state index in [1.807, 2.05) is 61.5 Å². The predicted molar refractivity (Wildman–Crippen MR) is 112 cm³/mol. The standard InChI is InChI=1S/C21H22N4O2.ClH/c1-15-19(13-23-25(15)18-5-3-2-4-6-18)21(26)24-17-9-7-16(8-10-17)20-14-22-11-12-27-20;/h2-10,13,20,22H,11-12,14H2,1H3,(H,24,26);1H/t20-;/m1./s1. The fraction of sp³-hybridized carbons (Fsp3) is 0.238. The van der Waals surface area contributed by atoms with Gasteiger partial charge in [0.1, 0.15) is 0 Å². The van der Waals surface area contributed by atoms with E-state index in [-0.39, 0.29) is 24.4 Å². The summed E-state index contributed by atoms with van der Waals surface area (Å²) < 4.78 is 7.52. The molecule has 3 aromatic rings. The lowest BCUT2D eigenvalue weighted by molar-refractivity contribution is 0.0277.